The number of carbonyl (C=O) groups is 1. The van der Waals surface area contributed by atoms with Crippen LogP contribution in [0.5, 0.6) is 11.5 Å². The van der Waals surface area contributed by atoms with Crippen LogP contribution < -0.4 is 14.8 Å². The molecule has 134 valence electrons. The lowest BCUT2D eigenvalue weighted by Gasteiger charge is -2.10. The van der Waals surface area contributed by atoms with Crippen LogP contribution in [0.3, 0.4) is 0 Å². The third-order valence-electron chi connectivity index (χ3n) is 3.83. The minimum Gasteiger partial charge on any atom is -0.493 e. The molecule has 5 nitrogen and oxygen atoms in total. The normalized spacial score (nSPS) is 16.8. The molecule has 0 aliphatic carbocycles. The Balaban J connectivity index is 1.92. The summed E-state index contributed by atoms with van der Waals surface area (Å²) >= 11 is 7.39. The molecule has 1 aliphatic rings. The van der Waals surface area contributed by atoms with Gasteiger partial charge < -0.3 is 14.8 Å². The summed E-state index contributed by atoms with van der Waals surface area (Å²) in [6.07, 6.45) is 1.76. The Labute approximate surface area is 161 Å². The maximum atomic E-state index is 12.3. The number of halogens is 1. The second-order valence-corrected chi connectivity index (χ2v) is 6.89. The summed E-state index contributed by atoms with van der Waals surface area (Å²) in [5.41, 5.74) is 2.34. The fourth-order valence-electron chi connectivity index (χ4n) is 2.47. The minimum absolute atomic E-state index is 0.210. The van der Waals surface area contributed by atoms with E-state index in [4.69, 9.17) is 21.1 Å². The Morgan fingerprint density at radius 1 is 1.15 bits per heavy atom. The average molecular weight is 389 g/mol. The summed E-state index contributed by atoms with van der Waals surface area (Å²) in [6, 6.07) is 11.0. The van der Waals surface area contributed by atoms with Crippen LogP contribution in [-0.2, 0) is 4.79 Å². The lowest BCUT2D eigenvalue weighted by atomic mass is 10.1. The van der Waals surface area contributed by atoms with Gasteiger partial charge in [-0.3, -0.25) is 4.79 Å². The van der Waals surface area contributed by atoms with Crippen molar-refractivity contribution < 1.29 is 14.3 Å². The molecule has 1 heterocycles. The number of nitrogens with zero attached hydrogens (tertiary/aromatic N) is 1. The van der Waals surface area contributed by atoms with Crippen molar-refractivity contribution in [2.24, 2.45) is 4.99 Å². The van der Waals surface area contributed by atoms with E-state index in [0.717, 1.165) is 16.8 Å². The molecule has 3 rings (SSSR count). The zero-order valence-electron chi connectivity index (χ0n) is 14.5. The molecule has 7 heteroatoms. The highest BCUT2D eigenvalue weighted by Crippen LogP contribution is 2.35. The average Bonchev–Trinajstić information content (AvgIpc) is 2.97. The Morgan fingerprint density at radius 2 is 1.92 bits per heavy atom. The highest BCUT2D eigenvalue weighted by atomic mass is 35.5. The third kappa shape index (κ3) is 3.71. The molecule has 0 saturated carbocycles. The zero-order valence-corrected chi connectivity index (χ0v) is 16.1. The van der Waals surface area contributed by atoms with Crippen molar-refractivity contribution in [3.8, 4) is 11.5 Å². The van der Waals surface area contributed by atoms with Gasteiger partial charge in [-0.15, -0.1) is 0 Å². The number of hydrogen-bond donors (Lipinski definition) is 1. The summed E-state index contributed by atoms with van der Waals surface area (Å²) in [5, 5.41) is 3.92. The Bertz CT molecular complexity index is 925. The van der Waals surface area contributed by atoms with Crippen LogP contribution in [0, 0.1) is 6.92 Å². The van der Waals surface area contributed by atoms with Gasteiger partial charge in [-0.1, -0.05) is 29.8 Å². The van der Waals surface area contributed by atoms with Crippen LogP contribution in [0.25, 0.3) is 6.08 Å². The summed E-state index contributed by atoms with van der Waals surface area (Å²) < 4.78 is 10.7. The fourth-order valence-corrected chi connectivity index (χ4v) is 3.47. The van der Waals surface area contributed by atoms with E-state index in [9.17, 15) is 4.79 Å². The molecule has 2 aromatic rings. The number of rotatable bonds is 4. The Hall–Kier alpha value is -2.44. The second-order valence-electron chi connectivity index (χ2n) is 5.45. The van der Waals surface area contributed by atoms with Crippen molar-refractivity contribution in [2.75, 3.05) is 14.2 Å². The van der Waals surface area contributed by atoms with Gasteiger partial charge in [0.15, 0.2) is 16.7 Å². The van der Waals surface area contributed by atoms with Crippen molar-refractivity contribution in [1.82, 2.24) is 5.32 Å². The number of hydrogen-bond acceptors (Lipinski definition) is 5. The molecule has 2 aromatic carbocycles. The molecule has 1 saturated heterocycles. The maximum Gasteiger partial charge on any atom is 0.264 e. The molecule has 1 fully saturated rings. The van der Waals surface area contributed by atoms with E-state index in [0.29, 0.717) is 26.6 Å². The molecule has 0 aromatic heterocycles. The number of thioether (sulfide) groups is 1. The van der Waals surface area contributed by atoms with Crippen LogP contribution in [0.2, 0.25) is 5.02 Å². The highest BCUT2D eigenvalue weighted by molar-refractivity contribution is 8.18. The molecule has 0 spiro atoms. The van der Waals surface area contributed by atoms with Crippen molar-refractivity contribution in [1.29, 1.82) is 0 Å². The first-order valence-corrected chi connectivity index (χ1v) is 8.98. The molecular formula is C19H17ClN2O3S. The largest absolute Gasteiger partial charge is 0.493 e. The number of para-hydroxylation sites is 1. The van der Waals surface area contributed by atoms with Crippen LogP contribution >= 0.6 is 23.4 Å². The molecule has 0 atom stereocenters. The van der Waals surface area contributed by atoms with Gasteiger partial charge >= 0.3 is 0 Å². The van der Waals surface area contributed by atoms with Crippen molar-refractivity contribution in [3.05, 3.63) is 57.5 Å². The van der Waals surface area contributed by atoms with E-state index in [1.54, 1.807) is 32.4 Å². The van der Waals surface area contributed by atoms with Crippen molar-refractivity contribution in [2.45, 2.75) is 6.92 Å². The molecule has 1 N–H and O–H groups in total. The maximum absolute atomic E-state index is 12.3. The number of aliphatic imine (C=N–C) groups is 1. The number of methoxy groups -OCH3 is 2. The fraction of sp³-hybridized carbons (Fsp3) is 0.158. The quantitative estimate of drug-likeness (QED) is 0.780. The molecule has 0 bridgehead atoms. The molecule has 0 radical (unpaired) electrons. The number of amides is 1. The van der Waals surface area contributed by atoms with Crippen LogP contribution in [0.1, 0.15) is 11.1 Å². The monoisotopic (exact) mass is 388 g/mol. The van der Waals surface area contributed by atoms with Crippen molar-refractivity contribution in [3.63, 3.8) is 0 Å². The molecule has 0 unspecified atom stereocenters. The Kier molecular flexibility index (Phi) is 5.54. The number of amidine groups is 1. The summed E-state index contributed by atoms with van der Waals surface area (Å²) in [5.74, 6) is 0.971. The van der Waals surface area contributed by atoms with E-state index >= 15 is 0 Å². The van der Waals surface area contributed by atoms with Gasteiger partial charge in [0.2, 0.25) is 0 Å². The number of benzene rings is 2. The van der Waals surface area contributed by atoms with E-state index in [1.807, 2.05) is 31.2 Å². The van der Waals surface area contributed by atoms with Gasteiger partial charge in [0, 0.05) is 10.6 Å². The summed E-state index contributed by atoms with van der Waals surface area (Å²) in [4.78, 5) is 17.3. The Morgan fingerprint density at radius 3 is 2.65 bits per heavy atom. The van der Waals surface area contributed by atoms with E-state index < -0.39 is 0 Å². The lowest BCUT2D eigenvalue weighted by Crippen LogP contribution is -2.19. The van der Waals surface area contributed by atoms with E-state index in [1.165, 1.54) is 11.8 Å². The highest BCUT2D eigenvalue weighted by Gasteiger charge is 2.25. The van der Waals surface area contributed by atoms with Gasteiger partial charge in [0.25, 0.3) is 5.91 Å². The van der Waals surface area contributed by atoms with Gasteiger partial charge in [0.05, 0.1) is 24.8 Å². The molecule has 1 aliphatic heterocycles. The first kappa shape index (κ1) is 18.4. The predicted octanol–water partition coefficient (Wildman–Crippen LogP) is 4.56. The topological polar surface area (TPSA) is 59.9 Å². The van der Waals surface area contributed by atoms with Gasteiger partial charge in [-0.2, -0.15) is 0 Å². The number of ether oxygens (including phenoxy) is 2. The van der Waals surface area contributed by atoms with Gasteiger partial charge in [-0.25, -0.2) is 4.99 Å². The molecular weight excluding hydrogens is 372 g/mol. The van der Waals surface area contributed by atoms with Crippen molar-refractivity contribution >= 4 is 46.2 Å². The third-order valence-corrected chi connectivity index (χ3v) is 5.15. The van der Waals surface area contributed by atoms with Crippen LogP contribution in [0.15, 0.2) is 46.3 Å². The minimum atomic E-state index is -0.210. The standard InChI is InChI=1S/C19H17ClN2O3S/c1-11-13(20)7-5-8-14(11)21-19-22-18(23)16(26-19)10-12-6-4-9-15(24-2)17(12)25-3/h4-10H,1-3H3,(H,21,22,23). The van der Waals surface area contributed by atoms with E-state index in [-0.39, 0.29) is 5.91 Å². The molecule has 1 amide bonds. The second kappa shape index (κ2) is 7.85. The number of carbonyl (C=O) groups excluding carboxylic acids is 1. The SMILES string of the molecule is COc1cccc(C=C2SC(=Nc3cccc(Cl)c3C)NC2=O)c1OC. The number of nitrogens with one attached hydrogen (secondary N) is 1. The first-order chi connectivity index (χ1) is 12.5. The van der Waals surface area contributed by atoms with Crippen LogP contribution in [0.4, 0.5) is 5.69 Å². The first-order valence-electron chi connectivity index (χ1n) is 7.79. The lowest BCUT2D eigenvalue weighted by molar-refractivity contribution is -0.115. The zero-order chi connectivity index (χ0) is 18.7. The molecule has 26 heavy (non-hydrogen) atoms. The predicted molar refractivity (Wildman–Crippen MR) is 107 cm³/mol. The summed E-state index contributed by atoms with van der Waals surface area (Å²) in [6.45, 7) is 1.89. The van der Waals surface area contributed by atoms with Gasteiger partial charge in [0.1, 0.15) is 0 Å². The van der Waals surface area contributed by atoms with Crippen LogP contribution in [-0.4, -0.2) is 25.3 Å². The van der Waals surface area contributed by atoms with E-state index in [2.05, 4.69) is 10.3 Å². The summed E-state index contributed by atoms with van der Waals surface area (Å²) in [7, 11) is 3.14. The smallest absolute Gasteiger partial charge is 0.264 e. The van der Waals surface area contributed by atoms with Gasteiger partial charge in [-0.05, 0) is 48.5 Å².